The Balaban J connectivity index is 2.15. The second kappa shape index (κ2) is 11.2. The predicted octanol–water partition coefficient (Wildman–Crippen LogP) is 5.80. The van der Waals surface area contributed by atoms with Crippen molar-refractivity contribution >= 4 is 5.97 Å². The fourth-order valence-corrected chi connectivity index (χ4v) is 3.74. The lowest BCUT2D eigenvalue weighted by Crippen LogP contribution is -2.19. The first-order valence-electron chi connectivity index (χ1n) is 8.95. The van der Waals surface area contributed by atoms with Crippen molar-refractivity contribution in [2.75, 3.05) is 0 Å². The molecule has 0 aromatic rings. The molecule has 0 aliphatic heterocycles. The van der Waals surface area contributed by atoms with E-state index in [0.29, 0.717) is 6.42 Å². The highest BCUT2D eigenvalue weighted by Crippen LogP contribution is 2.36. The molecule has 0 aromatic heterocycles. The lowest BCUT2D eigenvalue weighted by molar-refractivity contribution is -0.137. The average molecular weight is 282 g/mol. The molecule has 0 aromatic carbocycles. The van der Waals surface area contributed by atoms with Crippen molar-refractivity contribution in [3.8, 4) is 0 Å². The number of hydrogen-bond donors (Lipinski definition) is 1. The Morgan fingerprint density at radius 3 is 2.00 bits per heavy atom. The second-order valence-electron chi connectivity index (χ2n) is 6.65. The molecule has 2 atom stereocenters. The van der Waals surface area contributed by atoms with Crippen molar-refractivity contribution in [2.45, 2.75) is 96.8 Å². The van der Waals surface area contributed by atoms with Crippen molar-refractivity contribution in [2.24, 2.45) is 11.8 Å². The zero-order valence-electron chi connectivity index (χ0n) is 13.4. The minimum atomic E-state index is -0.638. The molecule has 0 spiro atoms. The van der Waals surface area contributed by atoms with E-state index in [1.54, 1.807) is 0 Å². The van der Waals surface area contributed by atoms with Gasteiger partial charge in [-0.2, -0.15) is 0 Å². The summed E-state index contributed by atoms with van der Waals surface area (Å²) in [5, 5.41) is 8.69. The van der Waals surface area contributed by atoms with E-state index in [9.17, 15) is 4.79 Å². The van der Waals surface area contributed by atoms with Crippen LogP contribution < -0.4 is 0 Å². The Hall–Kier alpha value is -0.530. The fraction of sp³-hybridized carbons (Fsp3) is 0.944. The molecule has 2 nitrogen and oxygen atoms in total. The second-order valence-corrected chi connectivity index (χ2v) is 6.65. The predicted molar refractivity (Wildman–Crippen MR) is 84.9 cm³/mol. The van der Waals surface area contributed by atoms with E-state index in [2.05, 4.69) is 6.92 Å². The highest BCUT2D eigenvalue weighted by molar-refractivity contribution is 5.66. The third-order valence-corrected chi connectivity index (χ3v) is 4.96. The highest BCUT2D eigenvalue weighted by atomic mass is 16.4. The van der Waals surface area contributed by atoms with Crippen molar-refractivity contribution < 1.29 is 9.90 Å². The Kier molecular flexibility index (Phi) is 9.78. The Morgan fingerprint density at radius 1 is 0.900 bits per heavy atom. The van der Waals surface area contributed by atoms with E-state index >= 15 is 0 Å². The average Bonchev–Trinajstić information content (AvgIpc) is 2.44. The quantitative estimate of drug-likeness (QED) is 0.486. The maximum atomic E-state index is 10.5. The van der Waals surface area contributed by atoms with Crippen LogP contribution in [0.3, 0.4) is 0 Å². The summed E-state index contributed by atoms with van der Waals surface area (Å²) in [4.78, 5) is 10.5. The first-order chi connectivity index (χ1) is 9.74. The summed E-state index contributed by atoms with van der Waals surface area (Å²) in [5.74, 6) is 1.19. The van der Waals surface area contributed by atoms with Gasteiger partial charge in [-0.15, -0.1) is 0 Å². The van der Waals surface area contributed by atoms with Crippen LogP contribution in [0.4, 0.5) is 0 Å². The topological polar surface area (TPSA) is 37.3 Å². The van der Waals surface area contributed by atoms with Gasteiger partial charge < -0.3 is 5.11 Å². The van der Waals surface area contributed by atoms with Crippen molar-refractivity contribution in [3.63, 3.8) is 0 Å². The zero-order valence-corrected chi connectivity index (χ0v) is 13.4. The number of aliphatic carboxylic acids is 1. The molecule has 1 aliphatic rings. The molecule has 0 radical (unpaired) electrons. The van der Waals surface area contributed by atoms with Crippen LogP contribution in [-0.4, -0.2) is 11.1 Å². The van der Waals surface area contributed by atoms with Gasteiger partial charge in [0, 0.05) is 6.42 Å². The first-order valence-corrected chi connectivity index (χ1v) is 8.95. The van der Waals surface area contributed by atoms with Gasteiger partial charge in [0.2, 0.25) is 0 Å². The van der Waals surface area contributed by atoms with Crippen molar-refractivity contribution in [3.05, 3.63) is 0 Å². The molecule has 1 N–H and O–H groups in total. The van der Waals surface area contributed by atoms with E-state index in [-0.39, 0.29) is 0 Å². The summed E-state index contributed by atoms with van der Waals surface area (Å²) >= 11 is 0. The Labute approximate surface area is 125 Å². The summed E-state index contributed by atoms with van der Waals surface area (Å²) in [6.07, 6.45) is 17.6. The van der Waals surface area contributed by atoms with Gasteiger partial charge in [-0.3, -0.25) is 4.79 Å². The van der Waals surface area contributed by atoms with Crippen molar-refractivity contribution in [1.29, 1.82) is 0 Å². The summed E-state index contributed by atoms with van der Waals surface area (Å²) in [7, 11) is 0. The zero-order chi connectivity index (χ0) is 14.6. The molecular weight excluding hydrogens is 248 g/mol. The lowest BCUT2D eigenvalue weighted by Gasteiger charge is -2.31. The van der Waals surface area contributed by atoms with E-state index < -0.39 is 5.97 Å². The number of carboxylic acid groups (broad SMARTS) is 1. The molecule has 2 heteroatoms. The molecule has 1 rings (SSSR count). The van der Waals surface area contributed by atoms with Crippen molar-refractivity contribution in [1.82, 2.24) is 0 Å². The third kappa shape index (κ3) is 7.91. The van der Waals surface area contributed by atoms with Crippen LogP contribution in [0, 0.1) is 11.8 Å². The molecule has 0 amide bonds. The van der Waals surface area contributed by atoms with Crippen LogP contribution >= 0.6 is 0 Å². The fourth-order valence-electron chi connectivity index (χ4n) is 3.74. The summed E-state index contributed by atoms with van der Waals surface area (Å²) in [6.45, 7) is 2.27. The molecule has 1 aliphatic carbocycles. The number of hydrogen-bond acceptors (Lipinski definition) is 1. The third-order valence-electron chi connectivity index (χ3n) is 4.96. The maximum Gasteiger partial charge on any atom is 0.303 e. The molecule has 20 heavy (non-hydrogen) atoms. The van der Waals surface area contributed by atoms with Gasteiger partial charge in [0.05, 0.1) is 0 Å². The van der Waals surface area contributed by atoms with E-state index in [0.717, 1.165) is 24.7 Å². The smallest absolute Gasteiger partial charge is 0.303 e. The Morgan fingerprint density at radius 2 is 1.45 bits per heavy atom. The number of carboxylic acids is 1. The van der Waals surface area contributed by atoms with E-state index in [4.69, 9.17) is 5.11 Å². The minimum Gasteiger partial charge on any atom is -0.481 e. The number of carbonyl (C=O) groups is 1. The van der Waals surface area contributed by atoms with Gasteiger partial charge in [-0.05, 0) is 18.3 Å². The highest BCUT2D eigenvalue weighted by Gasteiger charge is 2.24. The molecule has 0 heterocycles. The van der Waals surface area contributed by atoms with Gasteiger partial charge in [0.25, 0.3) is 0 Å². The summed E-state index contributed by atoms with van der Waals surface area (Å²) < 4.78 is 0. The monoisotopic (exact) mass is 282 g/mol. The molecule has 118 valence electrons. The first kappa shape index (κ1) is 17.5. The number of unbranched alkanes of at least 4 members (excludes halogenated alkanes) is 5. The molecule has 2 unspecified atom stereocenters. The van der Waals surface area contributed by atoms with Gasteiger partial charge in [-0.1, -0.05) is 84.0 Å². The van der Waals surface area contributed by atoms with Crippen LogP contribution in [0.25, 0.3) is 0 Å². The van der Waals surface area contributed by atoms with E-state index in [1.165, 1.54) is 70.6 Å². The largest absolute Gasteiger partial charge is 0.481 e. The van der Waals surface area contributed by atoms with Crippen LogP contribution in [0.2, 0.25) is 0 Å². The molecular formula is C18H34O2. The molecule has 0 saturated heterocycles. The van der Waals surface area contributed by atoms with Gasteiger partial charge >= 0.3 is 5.97 Å². The van der Waals surface area contributed by atoms with E-state index in [1.807, 2.05) is 0 Å². The van der Waals surface area contributed by atoms with Crippen LogP contribution in [0.5, 0.6) is 0 Å². The van der Waals surface area contributed by atoms with Gasteiger partial charge in [-0.25, -0.2) is 0 Å². The lowest BCUT2D eigenvalue weighted by atomic mass is 9.74. The normalized spacial score (nSPS) is 22.9. The van der Waals surface area contributed by atoms with Crippen LogP contribution in [0.1, 0.15) is 96.8 Å². The van der Waals surface area contributed by atoms with Crippen LogP contribution in [-0.2, 0) is 4.79 Å². The SMILES string of the molecule is CCCCCCCC1CCCCC1CCCCC(=O)O. The molecule has 1 fully saturated rings. The minimum absolute atomic E-state index is 0.356. The van der Waals surface area contributed by atoms with Crippen LogP contribution in [0.15, 0.2) is 0 Å². The summed E-state index contributed by atoms with van der Waals surface area (Å²) in [5.41, 5.74) is 0. The Bertz CT molecular complexity index is 250. The standard InChI is InChI=1S/C18H34O2/c1-2-3-4-5-6-11-16-12-7-8-13-17(16)14-9-10-15-18(19)20/h16-17H,2-15H2,1H3,(H,19,20). The number of rotatable bonds is 11. The molecule has 1 saturated carbocycles. The van der Waals surface area contributed by atoms with Gasteiger partial charge in [0.1, 0.15) is 0 Å². The molecule has 0 bridgehead atoms. The van der Waals surface area contributed by atoms with Gasteiger partial charge in [0.15, 0.2) is 0 Å². The summed E-state index contributed by atoms with van der Waals surface area (Å²) in [6, 6.07) is 0. The maximum absolute atomic E-state index is 10.5.